The second kappa shape index (κ2) is 7.82. The number of hydrogen-bond donors (Lipinski definition) is 2. The van der Waals surface area contributed by atoms with Gasteiger partial charge < -0.3 is 15.4 Å². The number of carbonyl (C=O) groups excluding carboxylic acids is 1. The van der Waals surface area contributed by atoms with Crippen LogP contribution in [0.1, 0.15) is 16.1 Å². The van der Waals surface area contributed by atoms with Crippen molar-refractivity contribution in [1.29, 1.82) is 0 Å². The van der Waals surface area contributed by atoms with E-state index in [2.05, 4.69) is 15.6 Å². The van der Waals surface area contributed by atoms with Gasteiger partial charge in [-0.2, -0.15) is 0 Å². The Morgan fingerprint density at radius 3 is 2.44 bits per heavy atom. The number of nitrogens with one attached hydrogen (secondary N) is 2. The van der Waals surface area contributed by atoms with E-state index < -0.39 is 17.5 Å². The number of pyridine rings is 1. The largest absolute Gasteiger partial charge is 0.495 e. The summed E-state index contributed by atoms with van der Waals surface area (Å²) < 4.78 is 31.5. The lowest BCUT2D eigenvalue weighted by Gasteiger charge is -2.11. The van der Waals surface area contributed by atoms with Crippen LogP contribution >= 0.6 is 0 Å². The van der Waals surface area contributed by atoms with Crippen molar-refractivity contribution in [2.24, 2.45) is 0 Å². The van der Waals surface area contributed by atoms with E-state index in [4.69, 9.17) is 4.74 Å². The molecule has 0 bridgehead atoms. The highest BCUT2D eigenvalue weighted by atomic mass is 19.2. The Hall–Kier alpha value is -3.48. The molecule has 27 heavy (non-hydrogen) atoms. The minimum absolute atomic E-state index is 0.203. The van der Waals surface area contributed by atoms with Gasteiger partial charge in [-0.05, 0) is 48.9 Å². The van der Waals surface area contributed by atoms with Gasteiger partial charge in [0.15, 0.2) is 11.6 Å². The molecule has 138 valence electrons. The number of anilines is 3. The van der Waals surface area contributed by atoms with E-state index in [9.17, 15) is 13.6 Å². The lowest BCUT2D eigenvalue weighted by atomic mass is 10.2. The zero-order valence-electron chi connectivity index (χ0n) is 14.7. The van der Waals surface area contributed by atoms with Crippen LogP contribution in [0.15, 0.2) is 54.7 Å². The SMILES string of the molecule is COc1ccc(C)cc1NC(=O)c1ccc(Nc2ccc(F)c(F)c2)cn1. The Labute approximate surface area is 155 Å². The van der Waals surface area contributed by atoms with E-state index in [-0.39, 0.29) is 5.69 Å². The molecule has 2 aromatic carbocycles. The van der Waals surface area contributed by atoms with Gasteiger partial charge in [0.2, 0.25) is 0 Å². The first kappa shape index (κ1) is 18.3. The molecule has 0 spiro atoms. The number of ether oxygens (including phenoxy) is 1. The second-order valence-electron chi connectivity index (χ2n) is 5.84. The number of aryl methyl sites for hydroxylation is 1. The number of methoxy groups -OCH3 is 1. The highest BCUT2D eigenvalue weighted by molar-refractivity contribution is 6.03. The van der Waals surface area contributed by atoms with Gasteiger partial charge in [0.25, 0.3) is 5.91 Å². The fourth-order valence-corrected chi connectivity index (χ4v) is 2.45. The summed E-state index contributed by atoms with van der Waals surface area (Å²) >= 11 is 0. The third-order valence-corrected chi connectivity index (χ3v) is 3.81. The van der Waals surface area contributed by atoms with Gasteiger partial charge in [-0.15, -0.1) is 0 Å². The Morgan fingerprint density at radius 1 is 1.00 bits per heavy atom. The number of benzene rings is 2. The van der Waals surface area contributed by atoms with Crippen molar-refractivity contribution in [3.63, 3.8) is 0 Å². The van der Waals surface area contributed by atoms with E-state index in [0.29, 0.717) is 22.8 Å². The highest BCUT2D eigenvalue weighted by Crippen LogP contribution is 2.26. The monoisotopic (exact) mass is 369 g/mol. The van der Waals surface area contributed by atoms with Gasteiger partial charge >= 0.3 is 0 Å². The number of aromatic nitrogens is 1. The van der Waals surface area contributed by atoms with E-state index in [1.807, 2.05) is 13.0 Å². The molecule has 3 rings (SSSR count). The third kappa shape index (κ3) is 4.38. The average Bonchev–Trinajstić information content (AvgIpc) is 2.65. The first-order chi connectivity index (χ1) is 13.0. The maximum atomic E-state index is 13.3. The van der Waals surface area contributed by atoms with Crippen LogP contribution in [0, 0.1) is 18.6 Å². The Balaban J connectivity index is 1.72. The van der Waals surface area contributed by atoms with Gasteiger partial charge in [-0.25, -0.2) is 13.8 Å². The fraction of sp³-hybridized carbons (Fsp3) is 0.100. The molecule has 0 saturated carbocycles. The summed E-state index contributed by atoms with van der Waals surface area (Å²) in [5.74, 6) is -1.71. The summed E-state index contributed by atoms with van der Waals surface area (Å²) in [7, 11) is 1.53. The molecular weight excluding hydrogens is 352 g/mol. The maximum Gasteiger partial charge on any atom is 0.274 e. The Kier molecular flexibility index (Phi) is 5.30. The molecule has 1 heterocycles. The van der Waals surface area contributed by atoms with Crippen LogP contribution in [-0.2, 0) is 0 Å². The van der Waals surface area contributed by atoms with Crippen molar-refractivity contribution in [2.75, 3.05) is 17.7 Å². The number of hydrogen-bond acceptors (Lipinski definition) is 4. The molecule has 1 aromatic heterocycles. The lowest BCUT2D eigenvalue weighted by Crippen LogP contribution is -2.14. The summed E-state index contributed by atoms with van der Waals surface area (Å²) in [6, 6.07) is 12.1. The standard InChI is InChI=1S/C20H17F2N3O2/c1-12-3-8-19(27-2)18(9-12)25-20(26)17-7-5-14(11-23-17)24-13-4-6-15(21)16(22)10-13/h3-11,24H,1-2H3,(H,25,26). The normalized spacial score (nSPS) is 10.4. The van der Waals surface area contributed by atoms with Crippen molar-refractivity contribution in [1.82, 2.24) is 4.98 Å². The summed E-state index contributed by atoms with van der Waals surface area (Å²) in [6.45, 7) is 1.91. The molecule has 2 N–H and O–H groups in total. The van der Waals surface area contributed by atoms with Crippen molar-refractivity contribution in [3.8, 4) is 5.75 Å². The van der Waals surface area contributed by atoms with Crippen molar-refractivity contribution in [3.05, 3.63) is 77.6 Å². The highest BCUT2D eigenvalue weighted by Gasteiger charge is 2.11. The molecule has 1 amide bonds. The molecule has 0 aliphatic rings. The van der Waals surface area contributed by atoms with E-state index in [0.717, 1.165) is 17.7 Å². The predicted molar refractivity (Wildman–Crippen MR) is 99.6 cm³/mol. The van der Waals surface area contributed by atoms with E-state index >= 15 is 0 Å². The molecule has 0 unspecified atom stereocenters. The molecule has 0 radical (unpaired) electrons. The van der Waals surface area contributed by atoms with Crippen molar-refractivity contribution < 1.29 is 18.3 Å². The predicted octanol–water partition coefficient (Wildman–Crippen LogP) is 4.67. The maximum absolute atomic E-state index is 13.3. The number of amides is 1. The number of nitrogens with zero attached hydrogens (tertiary/aromatic N) is 1. The second-order valence-corrected chi connectivity index (χ2v) is 5.84. The molecule has 0 aliphatic heterocycles. The Morgan fingerprint density at radius 2 is 1.78 bits per heavy atom. The third-order valence-electron chi connectivity index (χ3n) is 3.81. The lowest BCUT2D eigenvalue weighted by molar-refractivity contribution is 0.102. The Bertz CT molecular complexity index is 975. The topological polar surface area (TPSA) is 63.2 Å². The van der Waals surface area contributed by atoms with Crippen LogP contribution in [0.3, 0.4) is 0 Å². The summed E-state index contributed by atoms with van der Waals surface area (Å²) in [5.41, 5.74) is 2.64. The number of carbonyl (C=O) groups is 1. The minimum Gasteiger partial charge on any atom is -0.495 e. The summed E-state index contributed by atoms with van der Waals surface area (Å²) in [6.07, 6.45) is 1.43. The average molecular weight is 369 g/mol. The first-order valence-corrected chi connectivity index (χ1v) is 8.10. The van der Waals surface area contributed by atoms with Crippen LogP contribution in [0.4, 0.5) is 25.8 Å². The summed E-state index contributed by atoms with van der Waals surface area (Å²) in [4.78, 5) is 16.5. The molecule has 3 aromatic rings. The van der Waals surface area contributed by atoms with Crippen LogP contribution in [0.25, 0.3) is 0 Å². The van der Waals surface area contributed by atoms with Gasteiger partial charge in [-0.3, -0.25) is 4.79 Å². The number of rotatable bonds is 5. The smallest absolute Gasteiger partial charge is 0.274 e. The van der Waals surface area contributed by atoms with E-state index in [1.165, 1.54) is 25.4 Å². The zero-order chi connectivity index (χ0) is 19.4. The van der Waals surface area contributed by atoms with E-state index in [1.54, 1.807) is 18.2 Å². The summed E-state index contributed by atoms with van der Waals surface area (Å²) in [5, 5.41) is 5.66. The minimum atomic E-state index is -0.948. The van der Waals surface area contributed by atoms with Crippen molar-refractivity contribution in [2.45, 2.75) is 6.92 Å². The molecule has 0 aliphatic carbocycles. The van der Waals surface area contributed by atoms with Crippen LogP contribution in [0.5, 0.6) is 5.75 Å². The fourth-order valence-electron chi connectivity index (χ4n) is 2.45. The van der Waals surface area contributed by atoms with Crippen LogP contribution in [-0.4, -0.2) is 18.0 Å². The quantitative estimate of drug-likeness (QED) is 0.686. The molecular formula is C20H17F2N3O2. The van der Waals surface area contributed by atoms with Crippen molar-refractivity contribution >= 4 is 23.0 Å². The molecule has 0 fully saturated rings. The molecule has 0 atom stereocenters. The first-order valence-electron chi connectivity index (χ1n) is 8.10. The van der Waals surface area contributed by atoms with Gasteiger partial charge in [0.1, 0.15) is 11.4 Å². The van der Waals surface area contributed by atoms with Crippen LogP contribution in [0.2, 0.25) is 0 Å². The van der Waals surface area contributed by atoms with Gasteiger partial charge in [0, 0.05) is 11.8 Å². The van der Waals surface area contributed by atoms with Crippen LogP contribution < -0.4 is 15.4 Å². The molecule has 7 heteroatoms. The van der Waals surface area contributed by atoms with Gasteiger partial charge in [-0.1, -0.05) is 6.07 Å². The molecule has 5 nitrogen and oxygen atoms in total. The van der Waals surface area contributed by atoms with Gasteiger partial charge in [0.05, 0.1) is 24.7 Å². The number of halogens is 2. The zero-order valence-corrected chi connectivity index (χ0v) is 14.7. The molecule has 0 saturated heterocycles.